The second-order valence-corrected chi connectivity index (χ2v) is 8.03. The number of rotatable bonds is 5. The van der Waals surface area contributed by atoms with Gasteiger partial charge in [-0.3, -0.25) is 9.69 Å². The van der Waals surface area contributed by atoms with Gasteiger partial charge in [-0.2, -0.15) is 0 Å². The van der Waals surface area contributed by atoms with Crippen LogP contribution in [0.5, 0.6) is 11.5 Å². The molecule has 7 nitrogen and oxygen atoms in total. The number of nitrogens with zero attached hydrogens (tertiary/aromatic N) is 1. The first-order valence-corrected chi connectivity index (χ1v) is 11.0. The van der Waals surface area contributed by atoms with E-state index in [1.807, 2.05) is 72.8 Å². The first kappa shape index (κ1) is 20.9. The smallest absolute Gasteiger partial charge is 0.410 e. The zero-order valence-corrected chi connectivity index (χ0v) is 18.0. The Labute approximate surface area is 191 Å². The molecular weight excluding hydrogens is 420 g/mol. The molecule has 168 valence electrons. The third-order valence-corrected chi connectivity index (χ3v) is 5.83. The number of amides is 2. The molecule has 0 radical (unpaired) electrons. The third-order valence-electron chi connectivity index (χ3n) is 5.83. The van der Waals surface area contributed by atoms with Crippen molar-refractivity contribution in [3.05, 3.63) is 78.4 Å². The minimum absolute atomic E-state index is 0.183. The number of anilines is 1. The SMILES string of the molecule is O=C(Nc1cccc(-c2ccc3c(c2)OCO3)c1)C1CCCN1C(=O)OCc1ccccc1. The second-order valence-electron chi connectivity index (χ2n) is 8.03. The largest absolute Gasteiger partial charge is 0.454 e. The molecule has 0 aliphatic carbocycles. The van der Waals surface area contributed by atoms with Crippen LogP contribution in [0.4, 0.5) is 10.5 Å². The van der Waals surface area contributed by atoms with Crippen LogP contribution in [-0.2, 0) is 16.1 Å². The fraction of sp³-hybridized carbons (Fsp3) is 0.231. The van der Waals surface area contributed by atoms with Gasteiger partial charge in [0.25, 0.3) is 0 Å². The van der Waals surface area contributed by atoms with Gasteiger partial charge < -0.3 is 19.5 Å². The minimum Gasteiger partial charge on any atom is -0.454 e. The topological polar surface area (TPSA) is 77.1 Å². The Morgan fingerprint density at radius 3 is 2.64 bits per heavy atom. The Morgan fingerprint density at radius 1 is 0.939 bits per heavy atom. The quantitative estimate of drug-likeness (QED) is 0.610. The van der Waals surface area contributed by atoms with E-state index in [1.165, 1.54) is 4.90 Å². The van der Waals surface area contributed by atoms with Crippen LogP contribution in [-0.4, -0.2) is 36.3 Å². The summed E-state index contributed by atoms with van der Waals surface area (Å²) in [6.45, 7) is 0.908. The van der Waals surface area contributed by atoms with Crippen molar-refractivity contribution in [2.24, 2.45) is 0 Å². The molecule has 0 spiro atoms. The average molecular weight is 444 g/mol. The highest BCUT2D eigenvalue weighted by atomic mass is 16.7. The van der Waals surface area contributed by atoms with Crippen LogP contribution in [0, 0.1) is 0 Å². The number of hydrogen-bond donors (Lipinski definition) is 1. The van der Waals surface area contributed by atoms with E-state index < -0.39 is 12.1 Å². The summed E-state index contributed by atoms with van der Waals surface area (Å²) >= 11 is 0. The molecule has 1 fully saturated rings. The maximum atomic E-state index is 13.0. The van der Waals surface area contributed by atoms with Crippen LogP contribution in [0.15, 0.2) is 72.8 Å². The van der Waals surface area contributed by atoms with Crippen LogP contribution in [0.25, 0.3) is 11.1 Å². The van der Waals surface area contributed by atoms with Gasteiger partial charge in [0, 0.05) is 12.2 Å². The van der Waals surface area contributed by atoms with Crippen molar-refractivity contribution in [3.8, 4) is 22.6 Å². The number of carbonyl (C=O) groups is 2. The summed E-state index contributed by atoms with van der Waals surface area (Å²) in [5, 5.41) is 2.96. The predicted molar refractivity (Wildman–Crippen MR) is 123 cm³/mol. The Hall–Kier alpha value is -4.00. The molecule has 1 atom stereocenters. The Kier molecular flexibility index (Phi) is 5.85. The summed E-state index contributed by atoms with van der Waals surface area (Å²) in [4.78, 5) is 27.1. The lowest BCUT2D eigenvalue weighted by Crippen LogP contribution is -2.43. The van der Waals surface area contributed by atoms with E-state index in [1.54, 1.807) is 0 Å². The molecule has 2 aliphatic rings. The average Bonchev–Trinajstić information content (AvgIpc) is 3.53. The number of benzene rings is 3. The van der Waals surface area contributed by atoms with Crippen molar-refractivity contribution < 1.29 is 23.8 Å². The van der Waals surface area contributed by atoms with Crippen LogP contribution in [0.3, 0.4) is 0 Å². The zero-order valence-electron chi connectivity index (χ0n) is 18.0. The molecule has 3 aromatic carbocycles. The molecule has 5 rings (SSSR count). The summed E-state index contributed by atoms with van der Waals surface area (Å²) in [6, 6.07) is 22.3. The van der Waals surface area contributed by atoms with Gasteiger partial charge in [0.15, 0.2) is 11.5 Å². The molecule has 1 saturated heterocycles. The first-order valence-electron chi connectivity index (χ1n) is 11.0. The van der Waals surface area contributed by atoms with Gasteiger partial charge in [0.1, 0.15) is 12.6 Å². The van der Waals surface area contributed by atoms with Gasteiger partial charge in [-0.15, -0.1) is 0 Å². The van der Waals surface area contributed by atoms with E-state index in [2.05, 4.69) is 5.32 Å². The summed E-state index contributed by atoms with van der Waals surface area (Å²) in [7, 11) is 0. The summed E-state index contributed by atoms with van der Waals surface area (Å²) < 4.78 is 16.3. The lowest BCUT2D eigenvalue weighted by atomic mass is 10.0. The van der Waals surface area contributed by atoms with Crippen LogP contribution >= 0.6 is 0 Å². The normalized spacial score (nSPS) is 16.5. The molecule has 33 heavy (non-hydrogen) atoms. The van der Waals surface area contributed by atoms with Crippen LogP contribution in [0.1, 0.15) is 18.4 Å². The van der Waals surface area contributed by atoms with E-state index in [0.29, 0.717) is 24.4 Å². The molecule has 2 aliphatic heterocycles. The van der Waals surface area contributed by atoms with E-state index in [4.69, 9.17) is 14.2 Å². The van der Waals surface area contributed by atoms with E-state index in [0.717, 1.165) is 28.9 Å². The van der Waals surface area contributed by atoms with Crippen molar-refractivity contribution in [1.82, 2.24) is 4.90 Å². The molecular formula is C26H24N2O5. The van der Waals surface area contributed by atoms with Crippen molar-refractivity contribution >= 4 is 17.7 Å². The highest BCUT2D eigenvalue weighted by molar-refractivity contribution is 5.97. The molecule has 0 saturated carbocycles. The lowest BCUT2D eigenvalue weighted by Gasteiger charge is -2.23. The predicted octanol–water partition coefficient (Wildman–Crippen LogP) is 4.82. The maximum Gasteiger partial charge on any atom is 0.410 e. The van der Waals surface area contributed by atoms with Crippen molar-refractivity contribution in [3.63, 3.8) is 0 Å². The second kappa shape index (κ2) is 9.24. The maximum absolute atomic E-state index is 13.0. The molecule has 1 unspecified atom stereocenters. The highest BCUT2D eigenvalue weighted by Gasteiger charge is 2.35. The number of hydrogen-bond acceptors (Lipinski definition) is 5. The minimum atomic E-state index is -0.553. The lowest BCUT2D eigenvalue weighted by molar-refractivity contribution is -0.120. The van der Waals surface area contributed by atoms with E-state index in [-0.39, 0.29) is 19.3 Å². The molecule has 7 heteroatoms. The van der Waals surface area contributed by atoms with Gasteiger partial charge in [0.05, 0.1) is 0 Å². The summed E-state index contributed by atoms with van der Waals surface area (Å²) in [5.74, 6) is 1.22. The molecule has 0 bridgehead atoms. The Morgan fingerprint density at radius 2 is 1.76 bits per heavy atom. The monoisotopic (exact) mass is 444 g/mol. The van der Waals surface area contributed by atoms with Crippen molar-refractivity contribution in [1.29, 1.82) is 0 Å². The number of likely N-dealkylation sites (tertiary alicyclic amines) is 1. The molecule has 0 aromatic heterocycles. The Balaban J connectivity index is 1.24. The van der Waals surface area contributed by atoms with E-state index >= 15 is 0 Å². The van der Waals surface area contributed by atoms with Crippen molar-refractivity contribution in [2.45, 2.75) is 25.5 Å². The first-order chi connectivity index (χ1) is 16.2. The third kappa shape index (κ3) is 4.62. The van der Waals surface area contributed by atoms with Gasteiger partial charge in [-0.1, -0.05) is 48.5 Å². The highest BCUT2D eigenvalue weighted by Crippen LogP contribution is 2.36. The summed E-state index contributed by atoms with van der Waals surface area (Å²) in [5.41, 5.74) is 3.48. The van der Waals surface area contributed by atoms with Crippen molar-refractivity contribution in [2.75, 3.05) is 18.7 Å². The fourth-order valence-electron chi connectivity index (χ4n) is 4.14. The molecule has 2 amide bonds. The van der Waals surface area contributed by atoms with E-state index in [9.17, 15) is 9.59 Å². The molecule has 1 N–H and O–H groups in total. The number of carbonyl (C=O) groups excluding carboxylic acids is 2. The summed E-state index contributed by atoms with van der Waals surface area (Å²) in [6.07, 6.45) is 0.898. The van der Waals surface area contributed by atoms with Crippen LogP contribution < -0.4 is 14.8 Å². The fourth-order valence-corrected chi connectivity index (χ4v) is 4.14. The standard InChI is InChI=1S/C26H24N2O5/c29-25(22-10-5-13-28(22)26(30)31-16-18-6-2-1-3-7-18)27-21-9-4-8-19(14-21)20-11-12-23-24(15-20)33-17-32-23/h1-4,6-9,11-12,14-15,22H,5,10,13,16-17H2,(H,27,29). The molecule has 2 heterocycles. The van der Waals surface area contributed by atoms with Gasteiger partial charge in [-0.25, -0.2) is 4.79 Å². The number of fused-ring (bicyclic) bond motifs is 1. The molecule has 3 aromatic rings. The Bertz CT molecular complexity index is 1160. The number of ether oxygens (including phenoxy) is 3. The van der Waals surface area contributed by atoms with Crippen LogP contribution in [0.2, 0.25) is 0 Å². The van der Waals surface area contributed by atoms with Gasteiger partial charge >= 0.3 is 6.09 Å². The van der Waals surface area contributed by atoms with Gasteiger partial charge in [0.2, 0.25) is 12.7 Å². The van der Waals surface area contributed by atoms with Gasteiger partial charge in [-0.05, 0) is 53.8 Å². The zero-order chi connectivity index (χ0) is 22.6. The number of nitrogens with one attached hydrogen (secondary N) is 1.